The number of anilines is 2. The molecule has 0 saturated heterocycles. The van der Waals surface area contributed by atoms with E-state index in [-0.39, 0.29) is 22.0 Å². The van der Waals surface area contributed by atoms with Gasteiger partial charge in [-0.05, 0) is 84.8 Å². The number of aliphatic carboxylic acids is 1. The van der Waals surface area contributed by atoms with E-state index in [4.69, 9.17) is 4.18 Å². The Morgan fingerprint density at radius 3 is 1.88 bits per heavy atom. The van der Waals surface area contributed by atoms with Crippen molar-refractivity contribution in [3.63, 3.8) is 0 Å². The zero-order chi connectivity index (χ0) is 35.3. The number of benzene rings is 5. The molecular weight excluding hydrogens is 667 g/mol. The van der Waals surface area contributed by atoms with Crippen molar-refractivity contribution in [2.75, 3.05) is 38.0 Å². The Hall–Kier alpha value is -5.31. The lowest BCUT2D eigenvalue weighted by molar-refractivity contribution is -0.138. The third-order valence-electron chi connectivity index (χ3n) is 7.57. The predicted molar refractivity (Wildman–Crippen MR) is 189 cm³/mol. The number of carboxylic acids is 1. The average Bonchev–Trinajstić information content (AvgIpc) is 3.07. The Morgan fingerprint density at radius 2 is 1.31 bits per heavy atom. The average molecular weight is 702 g/mol. The number of carboxylic acid groups (broad SMARTS) is 1. The van der Waals surface area contributed by atoms with Crippen LogP contribution in [0.15, 0.2) is 129 Å². The van der Waals surface area contributed by atoms with Crippen molar-refractivity contribution in [3.8, 4) is 5.75 Å². The van der Waals surface area contributed by atoms with E-state index in [1.807, 2.05) is 74.4 Å². The minimum absolute atomic E-state index is 0.00382. The van der Waals surface area contributed by atoms with Gasteiger partial charge in [0.2, 0.25) is 10.0 Å². The van der Waals surface area contributed by atoms with Gasteiger partial charge in [0.15, 0.2) is 0 Å². The van der Waals surface area contributed by atoms with E-state index in [0.717, 1.165) is 16.8 Å². The summed E-state index contributed by atoms with van der Waals surface area (Å²) in [6.07, 6.45) is -0.211. The van der Waals surface area contributed by atoms with Gasteiger partial charge in [0, 0.05) is 50.3 Å². The van der Waals surface area contributed by atoms with Crippen LogP contribution in [0.2, 0.25) is 0 Å². The summed E-state index contributed by atoms with van der Waals surface area (Å²) in [6, 6.07) is 27.5. The summed E-state index contributed by atoms with van der Waals surface area (Å²) in [6.45, 7) is 0. The molecule has 0 unspecified atom stereocenters. The summed E-state index contributed by atoms with van der Waals surface area (Å²) < 4.78 is 60.4. The third-order valence-corrected chi connectivity index (χ3v) is 10.4. The molecule has 0 radical (unpaired) electrons. The molecule has 0 aliphatic carbocycles. The second-order valence-electron chi connectivity index (χ2n) is 11.5. The minimum atomic E-state index is -4.23. The molecule has 5 rings (SSSR count). The number of rotatable bonds is 13. The molecule has 2 N–H and O–H groups in total. The van der Waals surface area contributed by atoms with Crippen LogP contribution in [-0.2, 0) is 31.4 Å². The van der Waals surface area contributed by atoms with Crippen LogP contribution >= 0.6 is 0 Å². The minimum Gasteiger partial charge on any atom is -0.480 e. The molecule has 254 valence electrons. The fourth-order valence-corrected chi connectivity index (χ4v) is 7.36. The number of fused-ring (bicyclic) bond motifs is 1. The molecule has 0 bridgehead atoms. The maximum Gasteiger partial charge on any atom is 0.339 e. The number of hydrogen-bond donors (Lipinski definition) is 2. The van der Waals surface area contributed by atoms with Crippen molar-refractivity contribution in [2.45, 2.75) is 22.3 Å². The quantitative estimate of drug-likeness (QED) is 0.109. The maximum absolute atomic E-state index is 13.3. The fraction of sp³-hybridized carbons (Fsp3) is 0.171. The Bertz CT molecular complexity index is 2200. The standard InChI is InChI=1S/C35H35N5O7S2/c1-39(2)27-17-13-25(14-18-27)36-37-26-15-21-29(22-16-26)48(43,44)38-32(35(41)42)23-24-11-19-28(20-12-24)47-49(45,46)34-10-6-7-30-31(34)8-5-9-33(30)40(3)4/h5-22,32,38H,23H2,1-4H3,(H,41,42)/t32-/m0/s1. The SMILES string of the molecule is CN(C)c1ccc(N=Nc2ccc(S(=O)(=O)N[C@@H](Cc3ccc(OS(=O)(=O)c4cccc5c(N(C)C)cccc45)cc3)C(=O)O)cc2)cc1. The first kappa shape index (κ1) is 35.0. The monoisotopic (exact) mass is 701 g/mol. The molecule has 0 aliphatic heterocycles. The van der Waals surface area contributed by atoms with Crippen LogP contribution in [0.3, 0.4) is 0 Å². The number of nitrogens with one attached hydrogen (secondary N) is 1. The molecule has 0 spiro atoms. The van der Waals surface area contributed by atoms with Crippen LogP contribution in [-0.4, -0.2) is 62.1 Å². The van der Waals surface area contributed by atoms with E-state index in [1.165, 1.54) is 54.6 Å². The van der Waals surface area contributed by atoms with E-state index < -0.39 is 32.2 Å². The van der Waals surface area contributed by atoms with Crippen LogP contribution in [0.25, 0.3) is 10.8 Å². The van der Waals surface area contributed by atoms with E-state index in [2.05, 4.69) is 15.0 Å². The van der Waals surface area contributed by atoms with Crippen LogP contribution in [0, 0.1) is 0 Å². The molecule has 0 aromatic heterocycles. The highest BCUT2D eigenvalue weighted by Gasteiger charge is 2.26. The second-order valence-corrected chi connectivity index (χ2v) is 14.8. The molecule has 0 amide bonds. The summed E-state index contributed by atoms with van der Waals surface area (Å²) in [7, 11) is -0.862. The lowest BCUT2D eigenvalue weighted by atomic mass is 10.1. The summed E-state index contributed by atoms with van der Waals surface area (Å²) >= 11 is 0. The van der Waals surface area contributed by atoms with Gasteiger partial charge in [-0.25, -0.2) is 8.42 Å². The van der Waals surface area contributed by atoms with Gasteiger partial charge in [0.1, 0.15) is 16.7 Å². The number of nitrogens with zero attached hydrogens (tertiary/aromatic N) is 4. The highest BCUT2D eigenvalue weighted by molar-refractivity contribution is 7.89. The van der Waals surface area contributed by atoms with E-state index in [9.17, 15) is 26.7 Å². The maximum atomic E-state index is 13.3. The first-order valence-corrected chi connectivity index (χ1v) is 17.9. The van der Waals surface area contributed by atoms with E-state index in [0.29, 0.717) is 22.3 Å². The molecule has 14 heteroatoms. The van der Waals surface area contributed by atoms with Crippen LogP contribution in [0.1, 0.15) is 5.56 Å². The van der Waals surface area contributed by atoms with Crippen molar-refractivity contribution in [1.29, 1.82) is 0 Å². The van der Waals surface area contributed by atoms with Crippen LogP contribution in [0.4, 0.5) is 22.7 Å². The summed E-state index contributed by atoms with van der Waals surface area (Å²) in [5.41, 5.74) is 3.33. The summed E-state index contributed by atoms with van der Waals surface area (Å²) in [5.74, 6) is -1.37. The Labute approximate surface area is 285 Å². The number of azo groups is 1. The van der Waals surface area contributed by atoms with Gasteiger partial charge in [0.25, 0.3) is 0 Å². The topological polar surface area (TPSA) is 158 Å². The fourth-order valence-electron chi connectivity index (χ4n) is 5.02. The Balaban J connectivity index is 1.25. The highest BCUT2D eigenvalue weighted by atomic mass is 32.2. The first-order chi connectivity index (χ1) is 23.2. The van der Waals surface area contributed by atoms with Crippen molar-refractivity contribution >= 4 is 59.6 Å². The zero-order valence-corrected chi connectivity index (χ0v) is 28.8. The molecule has 0 fully saturated rings. The largest absolute Gasteiger partial charge is 0.480 e. The lowest BCUT2D eigenvalue weighted by Crippen LogP contribution is -2.42. The zero-order valence-electron chi connectivity index (χ0n) is 27.2. The normalized spacial score (nSPS) is 12.6. The number of sulfonamides is 1. The predicted octanol–water partition coefficient (Wildman–Crippen LogP) is 6.13. The van der Waals surface area contributed by atoms with Crippen molar-refractivity contribution in [2.24, 2.45) is 10.2 Å². The van der Waals surface area contributed by atoms with Gasteiger partial charge in [0.05, 0.1) is 16.3 Å². The Kier molecular flexibility index (Phi) is 10.3. The molecule has 0 heterocycles. The molecule has 5 aromatic rings. The molecule has 49 heavy (non-hydrogen) atoms. The molecule has 0 saturated carbocycles. The van der Waals surface area contributed by atoms with Crippen molar-refractivity contribution in [3.05, 3.63) is 115 Å². The smallest absolute Gasteiger partial charge is 0.339 e. The van der Waals surface area contributed by atoms with Crippen LogP contribution < -0.4 is 18.7 Å². The molecule has 5 aromatic carbocycles. The lowest BCUT2D eigenvalue weighted by Gasteiger charge is -2.17. The second kappa shape index (κ2) is 14.4. The van der Waals surface area contributed by atoms with Gasteiger partial charge in [-0.2, -0.15) is 23.4 Å². The molecule has 0 aliphatic rings. The van der Waals surface area contributed by atoms with Gasteiger partial charge >= 0.3 is 16.1 Å². The highest BCUT2D eigenvalue weighted by Crippen LogP contribution is 2.32. The molecule has 12 nitrogen and oxygen atoms in total. The molecular formula is C35H35N5O7S2. The van der Waals surface area contributed by atoms with E-state index >= 15 is 0 Å². The number of hydrogen-bond acceptors (Lipinski definition) is 10. The van der Waals surface area contributed by atoms with Crippen LogP contribution in [0.5, 0.6) is 5.75 Å². The third kappa shape index (κ3) is 8.41. The Morgan fingerprint density at radius 1 is 0.735 bits per heavy atom. The molecule has 1 atom stereocenters. The van der Waals surface area contributed by atoms with Gasteiger partial charge < -0.3 is 19.1 Å². The van der Waals surface area contributed by atoms with Crippen molar-refractivity contribution < 1.29 is 30.9 Å². The van der Waals surface area contributed by atoms with Gasteiger partial charge in [-0.15, -0.1) is 0 Å². The summed E-state index contributed by atoms with van der Waals surface area (Å²) in [4.78, 5) is 15.8. The van der Waals surface area contributed by atoms with Gasteiger partial charge in [-0.3, -0.25) is 4.79 Å². The number of carbonyl (C=O) groups is 1. The summed E-state index contributed by atoms with van der Waals surface area (Å²) in [5, 5.41) is 19.4. The van der Waals surface area contributed by atoms with E-state index in [1.54, 1.807) is 18.2 Å². The van der Waals surface area contributed by atoms with Gasteiger partial charge in [-0.1, -0.05) is 36.4 Å². The first-order valence-electron chi connectivity index (χ1n) is 15.0. The van der Waals surface area contributed by atoms with Crippen molar-refractivity contribution in [1.82, 2.24) is 4.72 Å².